The number of aliphatic hydroxyl groups excluding tert-OH is 5. The minimum absolute atomic E-state index is 0.0562. The van der Waals surface area contributed by atoms with Crippen LogP contribution >= 0.6 is 0 Å². The molecule has 0 aromatic rings. The molecule has 10 nitrogen and oxygen atoms in total. The molecule has 3 aliphatic rings. The Hall–Kier alpha value is -1.53. The molecule has 9 atom stereocenters. The fourth-order valence-electron chi connectivity index (χ4n) is 3.55. The minimum Gasteiger partial charge on any atom is -0.472 e. The predicted molar refractivity (Wildman–Crippen MR) is 86.6 cm³/mol. The van der Waals surface area contributed by atoms with Crippen molar-refractivity contribution in [3.8, 4) is 0 Å². The Labute approximate surface area is 155 Å². The van der Waals surface area contributed by atoms with E-state index in [1.54, 1.807) is 12.2 Å². The van der Waals surface area contributed by atoms with E-state index in [4.69, 9.17) is 18.9 Å². The van der Waals surface area contributed by atoms with Gasteiger partial charge in [-0.05, 0) is 11.6 Å². The molecule has 1 saturated heterocycles. The van der Waals surface area contributed by atoms with Crippen molar-refractivity contribution in [2.45, 2.75) is 50.0 Å². The summed E-state index contributed by atoms with van der Waals surface area (Å²) in [5.74, 6) is -1.39. The second kappa shape index (κ2) is 8.23. The van der Waals surface area contributed by atoms with E-state index in [1.807, 2.05) is 0 Å². The highest BCUT2D eigenvalue weighted by Crippen LogP contribution is 2.41. The summed E-state index contributed by atoms with van der Waals surface area (Å²) in [7, 11) is 0. The standard InChI is InChI=1S/C17H24O10/c1-7(19)25-6-8-4-10(20)9-2-3-24-16(12(8)9)27-17-15(23)14(22)13(21)11(5-18)26-17/h2-4,9-18,20-23H,5-6H2,1H3. The van der Waals surface area contributed by atoms with E-state index < -0.39 is 61.6 Å². The van der Waals surface area contributed by atoms with Crippen LogP contribution in [0.4, 0.5) is 0 Å². The zero-order valence-corrected chi connectivity index (χ0v) is 14.6. The number of fused-ring (bicyclic) bond motifs is 1. The number of esters is 1. The Kier molecular flexibility index (Phi) is 6.16. The topological polar surface area (TPSA) is 155 Å². The van der Waals surface area contributed by atoms with Crippen molar-refractivity contribution in [2.75, 3.05) is 13.2 Å². The molecule has 27 heavy (non-hydrogen) atoms. The fourth-order valence-corrected chi connectivity index (χ4v) is 3.55. The Bertz CT molecular complexity index is 603. The third kappa shape index (κ3) is 4.02. The fraction of sp³-hybridized carbons (Fsp3) is 0.706. The van der Waals surface area contributed by atoms with E-state index in [2.05, 4.69) is 0 Å². The maximum atomic E-state index is 11.1. The maximum Gasteiger partial charge on any atom is 0.302 e. The van der Waals surface area contributed by atoms with Gasteiger partial charge >= 0.3 is 5.97 Å². The summed E-state index contributed by atoms with van der Waals surface area (Å²) in [6, 6.07) is 0. The highest BCUT2D eigenvalue weighted by atomic mass is 16.8. The lowest BCUT2D eigenvalue weighted by Crippen LogP contribution is -2.60. The largest absolute Gasteiger partial charge is 0.472 e. The van der Waals surface area contributed by atoms with E-state index in [0.29, 0.717) is 5.57 Å². The van der Waals surface area contributed by atoms with Crippen LogP contribution in [0.1, 0.15) is 6.92 Å². The number of hydrogen-bond acceptors (Lipinski definition) is 10. The number of carbonyl (C=O) groups is 1. The average molecular weight is 388 g/mol. The summed E-state index contributed by atoms with van der Waals surface area (Å²) >= 11 is 0. The average Bonchev–Trinajstić information content (AvgIpc) is 2.97. The van der Waals surface area contributed by atoms with Gasteiger partial charge in [0.15, 0.2) is 6.29 Å². The molecule has 2 aliphatic heterocycles. The lowest BCUT2D eigenvalue weighted by Gasteiger charge is -2.42. The molecule has 1 fully saturated rings. The summed E-state index contributed by atoms with van der Waals surface area (Å²) in [6.07, 6.45) is -4.45. The van der Waals surface area contributed by atoms with Gasteiger partial charge in [-0.2, -0.15) is 0 Å². The van der Waals surface area contributed by atoms with E-state index in [9.17, 15) is 30.3 Å². The van der Waals surface area contributed by atoms with Crippen molar-refractivity contribution in [3.63, 3.8) is 0 Å². The van der Waals surface area contributed by atoms with Crippen molar-refractivity contribution in [3.05, 3.63) is 24.0 Å². The molecule has 0 bridgehead atoms. The SMILES string of the molecule is CC(=O)OCC1=CC(O)C2C=COC(OC3OC(CO)C(O)C(O)C3O)C12. The molecule has 1 aliphatic carbocycles. The van der Waals surface area contributed by atoms with Gasteiger partial charge in [-0.3, -0.25) is 4.79 Å². The molecule has 0 aromatic heterocycles. The van der Waals surface area contributed by atoms with E-state index in [-0.39, 0.29) is 12.5 Å². The summed E-state index contributed by atoms with van der Waals surface area (Å²) in [6.45, 7) is 0.626. The van der Waals surface area contributed by atoms with Crippen molar-refractivity contribution >= 4 is 5.97 Å². The number of aliphatic hydroxyl groups is 5. The Morgan fingerprint density at radius 1 is 1.15 bits per heavy atom. The highest BCUT2D eigenvalue weighted by molar-refractivity contribution is 5.66. The molecule has 9 unspecified atom stereocenters. The van der Waals surface area contributed by atoms with Crippen molar-refractivity contribution in [1.29, 1.82) is 0 Å². The molecular weight excluding hydrogens is 364 g/mol. The van der Waals surface area contributed by atoms with Gasteiger partial charge in [0.2, 0.25) is 6.29 Å². The van der Waals surface area contributed by atoms with Gasteiger partial charge in [-0.1, -0.05) is 6.08 Å². The molecule has 0 saturated carbocycles. The van der Waals surface area contributed by atoms with E-state index in [0.717, 1.165) is 0 Å². The summed E-state index contributed by atoms with van der Waals surface area (Å²) in [5, 5.41) is 49.4. The van der Waals surface area contributed by atoms with Crippen molar-refractivity contribution in [2.24, 2.45) is 11.8 Å². The van der Waals surface area contributed by atoms with Crippen LogP contribution in [0.15, 0.2) is 24.0 Å². The molecule has 0 aromatic carbocycles. The first kappa shape index (κ1) is 20.2. The van der Waals surface area contributed by atoms with Gasteiger partial charge in [-0.15, -0.1) is 0 Å². The molecule has 0 radical (unpaired) electrons. The van der Waals surface area contributed by atoms with Gasteiger partial charge in [0.1, 0.15) is 31.0 Å². The second-order valence-electron chi connectivity index (χ2n) is 6.78. The Morgan fingerprint density at radius 3 is 2.56 bits per heavy atom. The monoisotopic (exact) mass is 388 g/mol. The lowest BCUT2D eigenvalue weighted by molar-refractivity contribution is -0.339. The first-order valence-electron chi connectivity index (χ1n) is 8.63. The lowest BCUT2D eigenvalue weighted by atomic mass is 9.88. The second-order valence-corrected chi connectivity index (χ2v) is 6.78. The van der Waals surface area contributed by atoms with Gasteiger partial charge in [0, 0.05) is 12.8 Å². The van der Waals surface area contributed by atoms with Gasteiger partial charge in [-0.25, -0.2) is 0 Å². The molecule has 2 heterocycles. The van der Waals surface area contributed by atoms with Crippen LogP contribution in [-0.4, -0.2) is 87.8 Å². The van der Waals surface area contributed by atoms with Gasteiger partial charge in [0.25, 0.3) is 0 Å². The van der Waals surface area contributed by atoms with Crippen LogP contribution in [0.5, 0.6) is 0 Å². The number of rotatable bonds is 5. The Balaban J connectivity index is 1.74. The molecule has 5 N–H and O–H groups in total. The first-order chi connectivity index (χ1) is 12.8. The normalized spacial score (nSPS) is 43.6. The zero-order chi connectivity index (χ0) is 19.7. The van der Waals surface area contributed by atoms with Crippen LogP contribution in [0, 0.1) is 11.8 Å². The highest BCUT2D eigenvalue weighted by Gasteiger charge is 2.49. The minimum atomic E-state index is -1.58. The van der Waals surface area contributed by atoms with Crippen LogP contribution in [-0.2, 0) is 23.7 Å². The number of carbonyl (C=O) groups excluding carboxylic acids is 1. The van der Waals surface area contributed by atoms with Crippen LogP contribution < -0.4 is 0 Å². The van der Waals surface area contributed by atoms with E-state index >= 15 is 0 Å². The van der Waals surface area contributed by atoms with E-state index in [1.165, 1.54) is 13.2 Å². The maximum absolute atomic E-state index is 11.1. The predicted octanol–water partition coefficient (Wildman–Crippen LogP) is -2.23. The molecule has 3 rings (SSSR count). The van der Waals surface area contributed by atoms with Crippen LogP contribution in [0.2, 0.25) is 0 Å². The van der Waals surface area contributed by atoms with Crippen LogP contribution in [0.25, 0.3) is 0 Å². The third-order valence-corrected chi connectivity index (χ3v) is 4.99. The third-order valence-electron chi connectivity index (χ3n) is 4.99. The summed E-state index contributed by atoms with van der Waals surface area (Å²) in [5.41, 5.74) is 0.585. The smallest absolute Gasteiger partial charge is 0.302 e. The first-order valence-corrected chi connectivity index (χ1v) is 8.63. The summed E-state index contributed by atoms with van der Waals surface area (Å²) in [4.78, 5) is 11.1. The molecule has 0 amide bonds. The molecule has 10 heteroatoms. The summed E-state index contributed by atoms with van der Waals surface area (Å²) < 4.78 is 21.5. The van der Waals surface area contributed by atoms with Crippen molar-refractivity contribution < 1.29 is 49.3 Å². The molecule has 0 spiro atoms. The molecular formula is C17H24O10. The Morgan fingerprint density at radius 2 is 1.89 bits per heavy atom. The van der Waals surface area contributed by atoms with Crippen LogP contribution in [0.3, 0.4) is 0 Å². The molecule has 152 valence electrons. The van der Waals surface area contributed by atoms with Crippen molar-refractivity contribution in [1.82, 2.24) is 0 Å². The number of hydrogen-bond donors (Lipinski definition) is 5. The van der Waals surface area contributed by atoms with Gasteiger partial charge < -0.3 is 44.5 Å². The number of ether oxygens (including phenoxy) is 4. The quantitative estimate of drug-likeness (QED) is 0.258. The zero-order valence-electron chi connectivity index (χ0n) is 14.6. The van der Waals surface area contributed by atoms with Gasteiger partial charge in [0.05, 0.1) is 24.9 Å².